The zero-order valence-corrected chi connectivity index (χ0v) is 10.6. The number of amides is 2. The van der Waals surface area contributed by atoms with Crippen LogP contribution in [0.2, 0.25) is 0 Å². The molecule has 1 fully saturated rings. The summed E-state index contributed by atoms with van der Waals surface area (Å²) in [7, 11) is 0. The molecule has 1 aliphatic rings. The molecule has 1 saturated heterocycles. The molecule has 0 spiro atoms. The van der Waals surface area contributed by atoms with Gasteiger partial charge in [0.15, 0.2) is 11.5 Å². The molecule has 0 unspecified atom stereocenters. The fraction of sp³-hybridized carbons (Fsp3) is 0.214. The van der Waals surface area contributed by atoms with Crippen molar-refractivity contribution in [2.45, 2.75) is 12.5 Å². The van der Waals surface area contributed by atoms with Crippen LogP contribution in [0.15, 0.2) is 40.9 Å². The average Bonchev–Trinajstić information content (AvgIpc) is 3.09. The van der Waals surface area contributed by atoms with Gasteiger partial charge in [0.2, 0.25) is 5.91 Å². The summed E-state index contributed by atoms with van der Waals surface area (Å²) in [5, 5.41) is 9.17. The van der Waals surface area contributed by atoms with Crippen LogP contribution in [0.3, 0.4) is 0 Å². The van der Waals surface area contributed by atoms with Gasteiger partial charge in [-0.25, -0.2) is 0 Å². The van der Waals surface area contributed by atoms with Crippen molar-refractivity contribution in [3.63, 3.8) is 0 Å². The van der Waals surface area contributed by atoms with Crippen molar-refractivity contribution in [2.75, 3.05) is 6.54 Å². The molecule has 2 aromatic rings. The lowest BCUT2D eigenvalue weighted by molar-refractivity contribution is -0.119. The number of nitrogens with zero attached hydrogens (tertiary/aromatic N) is 1. The van der Waals surface area contributed by atoms with E-state index in [9.17, 15) is 9.59 Å². The maximum atomic E-state index is 12.0. The molecule has 6 nitrogen and oxygen atoms in total. The first-order valence-electron chi connectivity index (χ1n) is 6.32. The van der Waals surface area contributed by atoms with Crippen LogP contribution >= 0.6 is 0 Å². The Morgan fingerprint density at radius 3 is 2.85 bits per heavy atom. The molecule has 20 heavy (non-hydrogen) atoms. The highest BCUT2D eigenvalue weighted by molar-refractivity contribution is 5.94. The average molecular weight is 271 g/mol. The highest BCUT2D eigenvalue weighted by Crippen LogP contribution is 2.19. The minimum absolute atomic E-state index is 0.0552. The van der Waals surface area contributed by atoms with Gasteiger partial charge in [0, 0.05) is 24.6 Å². The second-order valence-electron chi connectivity index (χ2n) is 4.62. The number of carbonyl (C=O) groups is 2. The summed E-state index contributed by atoms with van der Waals surface area (Å²) < 4.78 is 5.16. The molecule has 0 radical (unpaired) electrons. The van der Waals surface area contributed by atoms with Gasteiger partial charge in [0.1, 0.15) is 0 Å². The summed E-state index contributed by atoms with van der Waals surface area (Å²) in [6.07, 6.45) is 0.301. The van der Waals surface area contributed by atoms with Gasteiger partial charge in [0.25, 0.3) is 5.91 Å². The van der Waals surface area contributed by atoms with Crippen molar-refractivity contribution in [3.05, 3.63) is 42.1 Å². The van der Waals surface area contributed by atoms with Crippen LogP contribution in [0.1, 0.15) is 16.9 Å². The third-order valence-corrected chi connectivity index (χ3v) is 3.11. The summed E-state index contributed by atoms with van der Waals surface area (Å²) in [5.41, 5.74) is 1.07. The van der Waals surface area contributed by atoms with E-state index in [1.54, 1.807) is 6.07 Å². The van der Waals surface area contributed by atoms with Crippen molar-refractivity contribution < 1.29 is 14.1 Å². The lowest BCUT2D eigenvalue weighted by Crippen LogP contribution is -2.36. The second kappa shape index (κ2) is 5.16. The van der Waals surface area contributed by atoms with Crippen molar-refractivity contribution in [1.82, 2.24) is 15.8 Å². The third-order valence-electron chi connectivity index (χ3n) is 3.11. The van der Waals surface area contributed by atoms with E-state index in [4.69, 9.17) is 4.52 Å². The van der Waals surface area contributed by atoms with Crippen molar-refractivity contribution in [2.24, 2.45) is 0 Å². The van der Waals surface area contributed by atoms with Crippen LogP contribution in [-0.2, 0) is 4.79 Å². The molecule has 0 saturated carbocycles. The predicted molar refractivity (Wildman–Crippen MR) is 70.8 cm³/mol. The van der Waals surface area contributed by atoms with Crippen LogP contribution in [-0.4, -0.2) is 29.6 Å². The van der Waals surface area contributed by atoms with Gasteiger partial charge in [-0.1, -0.05) is 35.5 Å². The molecule has 1 aliphatic heterocycles. The summed E-state index contributed by atoms with van der Waals surface area (Å²) in [6, 6.07) is 10.8. The molecule has 0 bridgehead atoms. The largest absolute Gasteiger partial charge is 0.355 e. The van der Waals surface area contributed by atoms with Crippen LogP contribution in [0.5, 0.6) is 0 Å². The van der Waals surface area contributed by atoms with Gasteiger partial charge >= 0.3 is 0 Å². The van der Waals surface area contributed by atoms with Gasteiger partial charge < -0.3 is 15.2 Å². The molecule has 6 heteroatoms. The van der Waals surface area contributed by atoms with E-state index < -0.39 is 0 Å². The quantitative estimate of drug-likeness (QED) is 0.870. The van der Waals surface area contributed by atoms with Crippen LogP contribution in [0, 0.1) is 0 Å². The summed E-state index contributed by atoms with van der Waals surface area (Å²) in [5.74, 6) is 0.147. The van der Waals surface area contributed by atoms with Gasteiger partial charge in [-0.05, 0) is 0 Å². The summed E-state index contributed by atoms with van der Waals surface area (Å²) in [6.45, 7) is 0.452. The highest BCUT2D eigenvalue weighted by atomic mass is 16.5. The zero-order valence-electron chi connectivity index (χ0n) is 10.6. The first kappa shape index (κ1) is 12.4. The van der Waals surface area contributed by atoms with Crippen molar-refractivity contribution in [3.8, 4) is 11.3 Å². The lowest BCUT2D eigenvalue weighted by atomic mass is 10.1. The van der Waals surface area contributed by atoms with Gasteiger partial charge in [-0.2, -0.15) is 0 Å². The fourth-order valence-electron chi connectivity index (χ4n) is 2.09. The molecule has 1 aromatic heterocycles. The number of hydrogen-bond donors (Lipinski definition) is 2. The standard InChI is InChI=1S/C14H13N3O3/c18-13-6-10(8-15-13)16-14(19)11-7-12(20-17-11)9-4-2-1-3-5-9/h1-5,7,10H,6,8H2,(H,15,18)(H,16,19)/t10-/m1/s1. The predicted octanol–water partition coefficient (Wildman–Crippen LogP) is 0.960. The van der Waals surface area contributed by atoms with E-state index in [0.717, 1.165) is 5.56 Å². The first-order chi connectivity index (χ1) is 9.72. The first-order valence-corrected chi connectivity index (χ1v) is 6.32. The van der Waals surface area contributed by atoms with E-state index in [1.165, 1.54) is 0 Å². The third kappa shape index (κ3) is 2.54. The summed E-state index contributed by atoms with van der Waals surface area (Å²) in [4.78, 5) is 23.0. The Balaban J connectivity index is 1.70. The van der Waals surface area contributed by atoms with E-state index >= 15 is 0 Å². The number of nitrogens with one attached hydrogen (secondary N) is 2. The number of rotatable bonds is 3. The normalized spacial score (nSPS) is 17.8. The smallest absolute Gasteiger partial charge is 0.273 e. The Hall–Kier alpha value is -2.63. The van der Waals surface area contributed by atoms with Gasteiger partial charge in [-0.3, -0.25) is 9.59 Å². The molecule has 0 aliphatic carbocycles. The van der Waals surface area contributed by atoms with E-state index in [2.05, 4.69) is 15.8 Å². The van der Waals surface area contributed by atoms with E-state index in [1.807, 2.05) is 30.3 Å². The molecule has 2 N–H and O–H groups in total. The molecule has 1 aromatic carbocycles. The SMILES string of the molecule is O=C1C[C@@H](NC(=O)c2cc(-c3ccccc3)on2)CN1. The Labute approximate surface area is 115 Å². The molecule has 2 amide bonds. The number of benzene rings is 1. The van der Waals surface area contributed by atoms with Gasteiger partial charge in [0.05, 0.1) is 6.04 Å². The number of hydrogen-bond acceptors (Lipinski definition) is 4. The maximum Gasteiger partial charge on any atom is 0.273 e. The van der Waals surface area contributed by atoms with E-state index in [-0.39, 0.29) is 23.6 Å². The Morgan fingerprint density at radius 2 is 2.15 bits per heavy atom. The Kier molecular flexibility index (Phi) is 3.20. The molecular formula is C14H13N3O3. The maximum absolute atomic E-state index is 12.0. The van der Waals surface area contributed by atoms with Crippen molar-refractivity contribution >= 4 is 11.8 Å². The highest BCUT2D eigenvalue weighted by Gasteiger charge is 2.24. The number of aromatic nitrogens is 1. The van der Waals surface area contributed by atoms with Crippen LogP contribution < -0.4 is 10.6 Å². The molecule has 2 heterocycles. The lowest BCUT2D eigenvalue weighted by Gasteiger charge is -2.07. The molecule has 3 rings (SSSR count). The zero-order chi connectivity index (χ0) is 13.9. The molecule has 1 atom stereocenters. The summed E-state index contributed by atoms with van der Waals surface area (Å²) >= 11 is 0. The fourth-order valence-corrected chi connectivity index (χ4v) is 2.09. The minimum atomic E-state index is -0.336. The topological polar surface area (TPSA) is 84.2 Å². The monoisotopic (exact) mass is 271 g/mol. The second-order valence-corrected chi connectivity index (χ2v) is 4.62. The number of carbonyl (C=O) groups excluding carboxylic acids is 2. The minimum Gasteiger partial charge on any atom is -0.355 e. The van der Waals surface area contributed by atoms with E-state index in [0.29, 0.717) is 18.7 Å². The Morgan fingerprint density at radius 1 is 1.35 bits per heavy atom. The van der Waals surface area contributed by atoms with Crippen LogP contribution in [0.4, 0.5) is 0 Å². The van der Waals surface area contributed by atoms with Crippen LogP contribution in [0.25, 0.3) is 11.3 Å². The van der Waals surface area contributed by atoms with Gasteiger partial charge in [-0.15, -0.1) is 0 Å². The Bertz CT molecular complexity index is 636. The molecule has 102 valence electrons. The van der Waals surface area contributed by atoms with Crippen molar-refractivity contribution in [1.29, 1.82) is 0 Å². The molecular weight excluding hydrogens is 258 g/mol.